The highest BCUT2D eigenvalue weighted by atomic mass is 16.3. The Morgan fingerprint density at radius 2 is 1.79 bits per heavy atom. The van der Waals surface area contributed by atoms with Gasteiger partial charge < -0.3 is 10.0 Å². The first kappa shape index (κ1) is 15.3. The zero-order valence-corrected chi connectivity index (χ0v) is 13.2. The fourth-order valence-electron chi connectivity index (χ4n) is 3.75. The lowest BCUT2D eigenvalue weighted by molar-refractivity contribution is -0.0473. The van der Waals surface area contributed by atoms with Gasteiger partial charge in [0.1, 0.15) is 0 Å². The summed E-state index contributed by atoms with van der Waals surface area (Å²) in [7, 11) is 0. The summed E-state index contributed by atoms with van der Waals surface area (Å²) in [5, 5.41) is 10.5. The Hall–Kier alpha value is -0.120. The molecule has 1 heterocycles. The molecule has 0 spiro atoms. The molecule has 1 saturated heterocycles. The normalized spacial score (nSPS) is 33.8. The van der Waals surface area contributed by atoms with Crippen LogP contribution >= 0.6 is 0 Å². The minimum absolute atomic E-state index is 0.114. The van der Waals surface area contributed by atoms with Gasteiger partial charge in [-0.15, -0.1) is 0 Å². The molecule has 2 fully saturated rings. The second-order valence-electron chi connectivity index (χ2n) is 7.52. The monoisotopic (exact) mass is 268 g/mol. The molecule has 2 unspecified atom stereocenters. The Kier molecular flexibility index (Phi) is 4.91. The van der Waals surface area contributed by atoms with Crippen molar-refractivity contribution in [3.05, 3.63) is 0 Å². The van der Waals surface area contributed by atoms with Crippen LogP contribution in [0.4, 0.5) is 0 Å². The van der Waals surface area contributed by atoms with Crippen molar-refractivity contribution in [2.45, 2.75) is 59.1 Å². The van der Waals surface area contributed by atoms with Crippen molar-refractivity contribution in [1.82, 2.24) is 9.80 Å². The number of nitrogens with zero attached hydrogens (tertiary/aromatic N) is 2. The Balaban J connectivity index is 1.82. The van der Waals surface area contributed by atoms with Gasteiger partial charge in [0.2, 0.25) is 0 Å². The Bertz CT molecular complexity index is 282. The summed E-state index contributed by atoms with van der Waals surface area (Å²) in [6.07, 6.45) is 3.53. The number of hydrogen-bond donors (Lipinski definition) is 1. The van der Waals surface area contributed by atoms with Gasteiger partial charge in [0.05, 0.1) is 6.10 Å². The second-order valence-corrected chi connectivity index (χ2v) is 7.52. The molecule has 1 saturated carbocycles. The summed E-state index contributed by atoms with van der Waals surface area (Å²) in [6.45, 7) is 14.8. The summed E-state index contributed by atoms with van der Waals surface area (Å²) in [6, 6.07) is 0.668. The van der Waals surface area contributed by atoms with Gasteiger partial charge in [-0.3, -0.25) is 4.90 Å². The Morgan fingerprint density at radius 1 is 1.16 bits per heavy atom. The highest BCUT2D eigenvalue weighted by Crippen LogP contribution is 2.39. The molecular weight excluding hydrogens is 236 g/mol. The van der Waals surface area contributed by atoms with Crippen LogP contribution in [0.15, 0.2) is 0 Å². The number of rotatable bonds is 3. The summed E-state index contributed by atoms with van der Waals surface area (Å²) >= 11 is 0. The van der Waals surface area contributed by atoms with Gasteiger partial charge in [0, 0.05) is 38.8 Å². The van der Waals surface area contributed by atoms with E-state index in [0.29, 0.717) is 12.0 Å². The van der Waals surface area contributed by atoms with Crippen molar-refractivity contribution in [2.24, 2.45) is 11.3 Å². The van der Waals surface area contributed by atoms with Crippen molar-refractivity contribution < 1.29 is 5.11 Å². The third-order valence-electron chi connectivity index (χ3n) is 5.27. The summed E-state index contributed by atoms with van der Waals surface area (Å²) < 4.78 is 0. The van der Waals surface area contributed by atoms with E-state index >= 15 is 0 Å². The molecule has 1 N–H and O–H groups in total. The molecular formula is C16H32N2O. The largest absolute Gasteiger partial charge is 0.392 e. The van der Waals surface area contributed by atoms with Crippen LogP contribution in [0.1, 0.15) is 47.0 Å². The van der Waals surface area contributed by atoms with Crippen LogP contribution < -0.4 is 0 Å². The average molecular weight is 268 g/mol. The van der Waals surface area contributed by atoms with E-state index in [0.717, 1.165) is 6.54 Å². The zero-order valence-electron chi connectivity index (χ0n) is 13.2. The first-order valence-corrected chi connectivity index (χ1v) is 8.04. The molecule has 112 valence electrons. The highest BCUT2D eigenvalue weighted by Gasteiger charge is 2.38. The third kappa shape index (κ3) is 3.71. The van der Waals surface area contributed by atoms with Crippen LogP contribution in [-0.4, -0.2) is 59.8 Å². The van der Waals surface area contributed by atoms with Crippen LogP contribution in [0.5, 0.6) is 0 Å². The smallest absolute Gasteiger partial charge is 0.0631 e. The first-order valence-electron chi connectivity index (χ1n) is 8.04. The molecule has 0 bridgehead atoms. The molecule has 1 aliphatic carbocycles. The molecule has 2 rings (SSSR count). The molecule has 0 aromatic carbocycles. The molecule has 0 aromatic heterocycles. The second kappa shape index (κ2) is 6.11. The van der Waals surface area contributed by atoms with Crippen molar-refractivity contribution in [2.75, 3.05) is 32.7 Å². The molecule has 0 amide bonds. The quantitative estimate of drug-likeness (QED) is 0.850. The van der Waals surface area contributed by atoms with Crippen molar-refractivity contribution in [1.29, 1.82) is 0 Å². The van der Waals surface area contributed by atoms with E-state index in [9.17, 15) is 5.11 Å². The van der Waals surface area contributed by atoms with Crippen LogP contribution in [0.3, 0.4) is 0 Å². The fraction of sp³-hybridized carbons (Fsp3) is 1.00. The van der Waals surface area contributed by atoms with E-state index in [-0.39, 0.29) is 11.5 Å². The number of aliphatic hydroxyl groups is 1. The lowest BCUT2D eigenvalue weighted by atomic mass is 9.69. The standard InChI is InChI=1S/C16H32N2O/c1-13(2)18-10-8-17(9-11-18)12-14-6-5-7-16(3,4)15(14)19/h13-15,19H,5-12H2,1-4H3. The van der Waals surface area contributed by atoms with Gasteiger partial charge in [-0.05, 0) is 38.0 Å². The minimum atomic E-state index is -0.121. The molecule has 1 aliphatic heterocycles. The van der Waals surface area contributed by atoms with Gasteiger partial charge in [-0.25, -0.2) is 0 Å². The first-order chi connectivity index (χ1) is 8.90. The molecule has 3 heteroatoms. The maximum Gasteiger partial charge on any atom is 0.0631 e. The van der Waals surface area contributed by atoms with Gasteiger partial charge >= 0.3 is 0 Å². The van der Waals surface area contributed by atoms with Gasteiger partial charge in [-0.1, -0.05) is 20.3 Å². The lowest BCUT2D eigenvalue weighted by Crippen LogP contribution is -2.52. The molecule has 2 aliphatic rings. The van der Waals surface area contributed by atoms with Crippen LogP contribution in [0.2, 0.25) is 0 Å². The van der Waals surface area contributed by atoms with Crippen LogP contribution in [0, 0.1) is 11.3 Å². The van der Waals surface area contributed by atoms with Crippen molar-refractivity contribution >= 4 is 0 Å². The molecule has 3 nitrogen and oxygen atoms in total. The number of aliphatic hydroxyl groups excluding tert-OH is 1. The van der Waals surface area contributed by atoms with E-state index in [1.54, 1.807) is 0 Å². The van der Waals surface area contributed by atoms with E-state index in [4.69, 9.17) is 0 Å². The molecule has 0 radical (unpaired) electrons. The number of hydrogen-bond acceptors (Lipinski definition) is 3. The SMILES string of the molecule is CC(C)N1CCN(CC2CCCC(C)(C)C2O)CC1. The maximum absolute atomic E-state index is 10.5. The summed E-state index contributed by atoms with van der Waals surface area (Å²) in [5.74, 6) is 0.481. The van der Waals surface area contributed by atoms with Gasteiger partial charge in [0.25, 0.3) is 0 Å². The number of piperazine rings is 1. The van der Waals surface area contributed by atoms with E-state index in [1.807, 2.05) is 0 Å². The van der Waals surface area contributed by atoms with Crippen molar-refractivity contribution in [3.63, 3.8) is 0 Å². The van der Waals surface area contributed by atoms with Crippen molar-refractivity contribution in [3.8, 4) is 0 Å². The summed E-state index contributed by atoms with van der Waals surface area (Å²) in [5.41, 5.74) is 0.114. The minimum Gasteiger partial charge on any atom is -0.392 e. The van der Waals surface area contributed by atoms with Gasteiger partial charge in [-0.2, -0.15) is 0 Å². The predicted molar refractivity (Wildman–Crippen MR) is 80.3 cm³/mol. The van der Waals surface area contributed by atoms with Gasteiger partial charge in [0.15, 0.2) is 0 Å². The fourth-order valence-corrected chi connectivity index (χ4v) is 3.75. The average Bonchev–Trinajstić information content (AvgIpc) is 2.35. The van der Waals surface area contributed by atoms with E-state index in [2.05, 4.69) is 37.5 Å². The highest BCUT2D eigenvalue weighted by molar-refractivity contribution is 4.90. The Morgan fingerprint density at radius 3 is 2.37 bits per heavy atom. The molecule has 0 aromatic rings. The Labute approximate surface area is 119 Å². The molecule has 19 heavy (non-hydrogen) atoms. The van der Waals surface area contributed by atoms with Crippen LogP contribution in [-0.2, 0) is 0 Å². The van der Waals surface area contributed by atoms with Crippen LogP contribution in [0.25, 0.3) is 0 Å². The third-order valence-corrected chi connectivity index (χ3v) is 5.27. The topological polar surface area (TPSA) is 26.7 Å². The van der Waals surface area contributed by atoms with E-state index in [1.165, 1.54) is 45.4 Å². The molecule has 2 atom stereocenters. The predicted octanol–water partition coefficient (Wildman–Crippen LogP) is 2.20. The lowest BCUT2D eigenvalue weighted by Gasteiger charge is -2.44. The van der Waals surface area contributed by atoms with E-state index < -0.39 is 0 Å². The maximum atomic E-state index is 10.5. The summed E-state index contributed by atoms with van der Waals surface area (Å²) in [4.78, 5) is 5.12. The zero-order chi connectivity index (χ0) is 14.0.